The summed E-state index contributed by atoms with van der Waals surface area (Å²) in [5.74, 6) is 0.715. The highest BCUT2D eigenvalue weighted by molar-refractivity contribution is 6.00. The van der Waals surface area contributed by atoms with Crippen LogP contribution in [0.15, 0.2) is 24.3 Å². The van der Waals surface area contributed by atoms with E-state index in [1.807, 2.05) is 6.07 Å². The van der Waals surface area contributed by atoms with Gasteiger partial charge in [0, 0.05) is 18.7 Å². The molecule has 2 aliphatic heterocycles. The summed E-state index contributed by atoms with van der Waals surface area (Å²) in [7, 11) is 0. The van der Waals surface area contributed by atoms with Gasteiger partial charge in [-0.2, -0.15) is 0 Å². The first kappa shape index (κ1) is 11.7. The molecule has 2 aliphatic rings. The van der Waals surface area contributed by atoms with Crippen LogP contribution in [0.1, 0.15) is 30.4 Å². The predicted molar refractivity (Wildman–Crippen MR) is 74.0 cm³/mol. The Balaban J connectivity index is 1.51. The van der Waals surface area contributed by atoms with E-state index in [1.54, 1.807) is 0 Å². The van der Waals surface area contributed by atoms with Crippen molar-refractivity contribution in [1.82, 2.24) is 9.80 Å². The predicted octanol–water partition coefficient (Wildman–Crippen LogP) is 2.31. The van der Waals surface area contributed by atoms with Gasteiger partial charge in [-0.3, -0.25) is 5.41 Å². The van der Waals surface area contributed by atoms with Crippen molar-refractivity contribution >= 4 is 5.84 Å². The third-order valence-corrected chi connectivity index (χ3v) is 4.05. The Kier molecular flexibility index (Phi) is 3.33. The summed E-state index contributed by atoms with van der Waals surface area (Å²) < 4.78 is 0. The average Bonchev–Trinajstić information content (AvgIpc) is 3.00. The van der Waals surface area contributed by atoms with Crippen LogP contribution in [-0.2, 0) is 6.54 Å². The number of likely N-dealkylation sites (tertiary alicyclic amines) is 1. The second kappa shape index (κ2) is 5.11. The second-order valence-corrected chi connectivity index (χ2v) is 5.33. The summed E-state index contributed by atoms with van der Waals surface area (Å²) in [6, 6.07) is 8.31. The molecule has 0 amide bonds. The van der Waals surface area contributed by atoms with Crippen LogP contribution in [0.5, 0.6) is 0 Å². The zero-order valence-electron chi connectivity index (χ0n) is 10.9. The molecule has 18 heavy (non-hydrogen) atoms. The van der Waals surface area contributed by atoms with E-state index in [0.717, 1.165) is 18.7 Å². The summed E-state index contributed by atoms with van der Waals surface area (Å²) in [6.45, 7) is 5.69. The van der Waals surface area contributed by atoms with Gasteiger partial charge in [0.1, 0.15) is 5.84 Å². The third kappa shape index (κ3) is 2.27. The molecule has 0 radical (unpaired) electrons. The summed E-state index contributed by atoms with van der Waals surface area (Å²) in [4.78, 5) is 4.76. The van der Waals surface area contributed by atoms with E-state index in [0.29, 0.717) is 5.84 Å². The molecule has 3 heteroatoms. The topological polar surface area (TPSA) is 30.3 Å². The first-order valence-corrected chi connectivity index (χ1v) is 6.99. The fourth-order valence-electron chi connectivity index (χ4n) is 3.03. The molecule has 0 unspecified atom stereocenters. The SMILES string of the molecule is N=C1c2ccccc2CN1CCCN1CCCC1. The van der Waals surface area contributed by atoms with Crippen molar-refractivity contribution in [3.63, 3.8) is 0 Å². The van der Waals surface area contributed by atoms with Crippen LogP contribution in [0.25, 0.3) is 0 Å². The minimum absolute atomic E-state index is 0.715. The van der Waals surface area contributed by atoms with Crippen molar-refractivity contribution < 1.29 is 0 Å². The Morgan fingerprint density at radius 1 is 1.06 bits per heavy atom. The smallest absolute Gasteiger partial charge is 0.128 e. The highest BCUT2D eigenvalue weighted by Gasteiger charge is 2.23. The van der Waals surface area contributed by atoms with Gasteiger partial charge in [0.25, 0.3) is 0 Å². The zero-order valence-corrected chi connectivity index (χ0v) is 10.9. The molecule has 3 rings (SSSR count). The monoisotopic (exact) mass is 243 g/mol. The van der Waals surface area contributed by atoms with E-state index in [9.17, 15) is 0 Å². The van der Waals surface area contributed by atoms with Crippen molar-refractivity contribution in [3.05, 3.63) is 35.4 Å². The summed E-state index contributed by atoms with van der Waals surface area (Å²) in [6.07, 6.45) is 3.91. The van der Waals surface area contributed by atoms with E-state index < -0.39 is 0 Å². The van der Waals surface area contributed by atoms with Gasteiger partial charge in [-0.1, -0.05) is 24.3 Å². The lowest BCUT2D eigenvalue weighted by molar-refractivity contribution is 0.308. The molecule has 1 aromatic carbocycles. The molecule has 96 valence electrons. The summed E-state index contributed by atoms with van der Waals surface area (Å²) >= 11 is 0. The number of amidine groups is 1. The van der Waals surface area contributed by atoms with Gasteiger partial charge in [0.15, 0.2) is 0 Å². The van der Waals surface area contributed by atoms with Crippen LogP contribution in [0.2, 0.25) is 0 Å². The minimum Gasteiger partial charge on any atom is -0.352 e. The number of benzene rings is 1. The fraction of sp³-hybridized carbons (Fsp3) is 0.533. The molecule has 3 nitrogen and oxygen atoms in total. The van der Waals surface area contributed by atoms with Gasteiger partial charge < -0.3 is 9.80 Å². The van der Waals surface area contributed by atoms with E-state index >= 15 is 0 Å². The fourth-order valence-corrected chi connectivity index (χ4v) is 3.03. The van der Waals surface area contributed by atoms with Gasteiger partial charge in [-0.25, -0.2) is 0 Å². The van der Waals surface area contributed by atoms with Gasteiger partial charge in [0.05, 0.1) is 0 Å². The van der Waals surface area contributed by atoms with E-state index in [4.69, 9.17) is 5.41 Å². The molecule has 2 heterocycles. The molecule has 1 fully saturated rings. The normalized spacial score (nSPS) is 19.6. The van der Waals surface area contributed by atoms with E-state index in [-0.39, 0.29) is 0 Å². The maximum absolute atomic E-state index is 8.19. The lowest BCUT2D eigenvalue weighted by Gasteiger charge is -2.20. The largest absolute Gasteiger partial charge is 0.352 e. The Hall–Kier alpha value is -1.35. The van der Waals surface area contributed by atoms with Crippen LogP contribution in [0, 0.1) is 5.41 Å². The maximum Gasteiger partial charge on any atom is 0.128 e. The first-order valence-electron chi connectivity index (χ1n) is 6.99. The molecule has 0 aliphatic carbocycles. The molecule has 0 spiro atoms. The molecule has 0 saturated carbocycles. The van der Waals surface area contributed by atoms with Crippen molar-refractivity contribution in [1.29, 1.82) is 5.41 Å². The lowest BCUT2D eigenvalue weighted by Crippen LogP contribution is -2.29. The van der Waals surface area contributed by atoms with E-state index in [1.165, 1.54) is 44.5 Å². The number of fused-ring (bicyclic) bond motifs is 1. The van der Waals surface area contributed by atoms with Gasteiger partial charge in [-0.05, 0) is 44.5 Å². The van der Waals surface area contributed by atoms with Crippen LogP contribution in [0.3, 0.4) is 0 Å². The molecule has 1 aromatic rings. The van der Waals surface area contributed by atoms with Crippen molar-refractivity contribution in [2.24, 2.45) is 0 Å². The number of nitrogens with one attached hydrogen (secondary N) is 1. The van der Waals surface area contributed by atoms with Crippen molar-refractivity contribution in [3.8, 4) is 0 Å². The highest BCUT2D eigenvalue weighted by Crippen LogP contribution is 2.22. The van der Waals surface area contributed by atoms with E-state index in [2.05, 4.69) is 28.0 Å². The van der Waals surface area contributed by atoms with Crippen LogP contribution in [-0.4, -0.2) is 41.8 Å². The van der Waals surface area contributed by atoms with Crippen molar-refractivity contribution in [2.75, 3.05) is 26.2 Å². The number of hydrogen-bond acceptors (Lipinski definition) is 2. The Bertz CT molecular complexity index is 435. The summed E-state index contributed by atoms with van der Waals surface area (Å²) in [5, 5.41) is 8.19. The van der Waals surface area contributed by atoms with Crippen LogP contribution >= 0.6 is 0 Å². The van der Waals surface area contributed by atoms with Crippen molar-refractivity contribution in [2.45, 2.75) is 25.8 Å². The first-order chi connectivity index (χ1) is 8.84. The number of hydrogen-bond donors (Lipinski definition) is 1. The number of rotatable bonds is 4. The Morgan fingerprint density at radius 2 is 1.83 bits per heavy atom. The third-order valence-electron chi connectivity index (χ3n) is 4.05. The average molecular weight is 243 g/mol. The Labute approximate surface area is 109 Å². The van der Waals surface area contributed by atoms with Crippen LogP contribution in [0.4, 0.5) is 0 Å². The summed E-state index contributed by atoms with van der Waals surface area (Å²) in [5.41, 5.74) is 2.43. The highest BCUT2D eigenvalue weighted by atomic mass is 15.2. The number of nitrogens with zero attached hydrogens (tertiary/aromatic N) is 2. The van der Waals surface area contributed by atoms with Gasteiger partial charge in [0.2, 0.25) is 0 Å². The molecule has 0 aromatic heterocycles. The molecule has 0 bridgehead atoms. The van der Waals surface area contributed by atoms with Gasteiger partial charge >= 0.3 is 0 Å². The molecular formula is C15H21N3. The second-order valence-electron chi connectivity index (χ2n) is 5.33. The lowest BCUT2D eigenvalue weighted by atomic mass is 10.1. The van der Waals surface area contributed by atoms with Crippen LogP contribution < -0.4 is 0 Å². The quantitative estimate of drug-likeness (QED) is 0.879. The molecular weight excluding hydrogens is 222 g/mol. The Morgan fingerprint density at radius 3 is 2.61 bits per heavy atom. The molecule has 1 saturated heterocycles. The van der Waals surface area contributed by atoms with Gasteiger partial charge in [-0.15, -0.1) is 0 Å². The molecule has 1 N–H and O–H groups in total. The molecule has 0 atom stereocenters. The minimum atomic E-state index is 0.715. The standard InChI is InChI=1S/C15H21N3/c16-15-14-7-2-1-6-13(14)12-18(15)11-5-10-17-8-3-4-9-17/h1-2,6-7,16H,3-5,8-12H2. The maximum atomic E-state index is 8.19. The zero-order chi connectivity index (χ0) is 12.4.